The van der Waals surface area contributed by atoms with Crippen LogP contribution in [0.5, 0.6) is 0 Å². The fraction of sp³-hybridized carbons (Fsp3) is 0.312. The molecule has 0 saturated heterocycles. The van der Waals surface area contributed by atoms with E-state index in [0.717, 1.165) is 60.2 Å². The zero-order valence-corrected chi connectivity index (χ0v) is 24.5. The van der Waals surface area contributed by atoms with Crippen LogP contribution in [-0.4, -0.2) is 66.6 Å². The second-order valence-corrected chi connectivity index (χ2v) is 9.93. The monoisotopic (exact) mass is 572 g/mol. The van der Waals surface area contributed by atoms with Crippen LogP contribution in [0.15, 0.2) is 60.8 Å². The summed E-state index contributed by atoms with van der Waals surface area (Å²) in [6.45, 7) is 10.0. The highest BCUT2D eigenvalue weighted by atomic mass is 19.1. The molecule has 1 heterocycles. The van der Waals surface area contributed by atoms with Gasteiger partial charge in [0, 0.05) is 36.5 Å². The van der Waals surface area contributed by atoms with Crippen LogP contribution in [0.4, 0.5) is 21.7 Å². The molecule has 3 aromatic carbocycles. The lowest BCUT2D eigenvalue weighted by atomic mass is 9.97. The molecule has 0 aliphatic rings. The number of nitrogens with one attached hydrogen (secondary N) is 3. The van der Waals surface area contributed by atoms with Crippen molar-refractivity contribution in [3.8, 4) is 11.1 Å². The number of amides is 2. The van der Waals surface area contributed by atoms with Gasteiger partial charge < -0.3 is 25.6 Å². The van der Waals surface area contributed by atoms with Crippen LogP contribution in [0.2, 0.25) is 0 Å². The zero-order chi connectivity index (χ0) is 30.1. The average molecular weight is 573 g/mol. The zero-order valence-electron chi connectivity index (χ0n) is 24.5. The van der Waals surface area contributed by atoms with E-state index in [-0.39, 0.29) is 18.2 Å². The topological polar surface area (TPSA) is 108 Å². The van der Waals surface area contributed by atoms with Crippen molar-refractivity contribution in [3.05, 3.63) is 77.7 Å². The number of aryl methyl sites for hydroxylation is 1. The van der Waals surface area contributed by atoms with Gasteiger partial charge in [-0.1, -0.05) is 26.0 Å². The van der Waals surface area contributed by atoms with Crippen molar-refractivity contribution in [2.24, 2.45) is 0 Å². The summed E-state index contributed by atoms with van der Waals surface area (Å²) in [6, 6.07) is 15.4. The molecule has 9 nitrogen and oxygen atoms in total. The Morgan fingerprint density at radius 3 is 2.57 bits per heavy atom. The summed E-state index contributed by atoms with van der Waals surface area (Å²) in [5.74, 6) is -0.875. The number of benzene rings is 3. The second-order valence-electron chi connectivity index (χ2n) is 9.93. The Kier molecular flexibility index (Phi) is 10.5. The van der Waals surface area contributed by atoms with Crippen molar-refractivity contribution in [3.63, 3.8) is 0 Å². The molecule has 0 aliphatic heterocycles. The Labute approximate surface area is 245 Å². The van der Waals surface area contributed by atoms with Crippen LogP contribution in [0.25, 0.3) is 22.0 Å². The number of anilines is 3. The van der Waals surface area contributed by atoms with Gasteiger partial charge in [0.1, 0.15) is 12.4 Å². The van der Waals surface area contributed by atoms with E-state index in [4.69, 9.17) is 4.74 Å². The maximum atomic E-state index is 14.2. The first-order valence-electron chi connectivity index (χ1n) is 14.0. The van der Waals surface area contributed by atoms with E-state index in [1.807, 2.05) is 43.5 Å². The molecule has 1 aromatic heterocycles. The lowest BCUT2D eigenvalue weighted by molar-refractivity contribution is -0.119. The largest absolute Gasteiger partial charge is 0.375 e. The van der Waals surface area contributed by atoms with Gasteiger partial charge in [0.2, 0.25) is 11.9 Å². The number of rotatable bonds is 13. The Balaban J connectivity index is 1.47. The Bertz CT molecular complexity index is 1560. The molecule has 0 saturated carbocycles. The predicted molar refractivity (Wildman–Crippen MR) is 165 cm³/mol. The predicted octanol–water partition coefficient (Wildman–Crippen LogP) is 5.73. The number of carbonyl (C=O) groups excluding carboxylic acids is 2. The third-order valence-corrected chi connectivity index (χ3v) is 6.99. The minimum Gasteiger partial charge on any atom is -0.375 e. The SMILES string of the molecule is CCN(CC)CCCNc1ncc2cc(-c3cc(C(=O)Nc4ccc(F)c(NC(=O)COC)c4)ccc3C)ccc2n1. The maximum absolute atomic E-state index is 14.2. The van der Waals surface area contributed by atoms with E-state index in [2.05, 4.69) is 44.7 Å². The summed E-state index contributed by atoms with van der Waals surface area (Å²) in [6.07, 6.45) is 2.82. The van der Waals surface area contributed by atoms with E-state index in [9.17, 15) is 14.0 Å². The molecule has 2 amide bonds. The van der Waals surface area contributed by atoms with Crippen LogP contribution >= 0.6 is 0 Å². The third-order valence-electron chi connectivity index (χ3n) is 6.99. The molecule has 3 N–H and O–H groups in total. The molecule has 4 aromatic rings. The van der Waals surface area contributed by atoms with Crippen LogP contribution in [-0.2, 0) is 9.53 Å². The molecular weight excluding hydrogens is 535 g/mol. The summed E-state index contributed by atoms with van der Waals surface area (Å²) >= 11 is 0. The molecule has 0 spiro atoms. The third kappa shape index (κ3) is 7.86. The van der Waals surface area contributed by atoms with Gasteiger partial charge in [-0.15, -0.1) is 0 Å². The quantitative estimate of drug-likeness (QED) is 0.176. The average Bonchev–Trinajstić information content (AvgIpc) is 2.99. The van der Waals surface area contributed by atoms with Crippen LogP contribution < -0.4 is 16.0 Å². The highest BCUT2D eigenvalue weighted by Crippen LogP contribution is 2.28. The van der Waals surface area contributed by atoms with E-state index in [0.29, 0.717) is 17.2 Å². The number of halogens is 1. The minimum absolute atomic E-state index is 0.0455. The first-order chi connectivity index (χ1) is 20.3. The molecule has 10 heteroatoms. The van der Waals surface area contributed by atoms with Crippen molar-refractivity contribution in [2.45, 2.75) is 27.2 Å². The van der Waals surface area contributed by atoms with E-state index < -0.39 is 11.7 Å². The van der Waals surface area contributed by atoms with E-state index in [1.54, 1.807) is 6.07 Å². The lowest BCUT2D eigenvalue weighted by Crippen LogP contribution is -2.25. The molecule has 0 fully saturated rings. The maximum Gasteiger partial charge on any atom is 0.255 e. The van der Waals surface area contributed by atoms with Crippen molar-refractivity contribution in [1.82, 2.24) is 14.9 Å². The summed E-state index contributed by atoms with van der Waals surface area (Å²) in [5, 5.41) is 9.43. The number of nitrogens with zero attached hydrogens (tertiary/aromatic N) is 3. The number of ether oxygens (including phenoxy) is 1. The van der Waals surface area contributed by atoms with Gasteiger partial charge in [-0.2, -0.15) is 0 Å². The number of aromatic nitrogens is 2. The molecule has 4 rings (SSSR count). The van der Waals surface area contributed by atoms with E-state index in [1.165, 1.54) is 25.3 Å². The second kappa shape index (κ2) is 14.5. The fourth-order valence-electron chi connectivity index (χ4n) is 4.62. The summed E-state index contributed by atoms with van der Waals surface area (Å²) in [7, 11) is 1.37. The summed E-state index contributed by atoms with van der Waals surface area (Å²) in [4.78, 5) is 36.5. The lowest BCUT2D eigenvalue weighted by Gasteiger charge is -2.17. The van der Waals surface area contributed by atoms with Gasteiger partial charge in [-0.05, 0) is 92.1 Å². The Hall–Kier alpha value is -4.41. The standard InChI is InChI=1S/C32H37FN6O3/c1-5-39(6-2)15-7-14-34-32-35-19-24-16-22(10-13-28(24)38-32)26-17-23(9-8-21(26)3)31(41)36-25-11-12-27(33)29(18-25)37-30(40)20-42-4/h8-13,16-19H,5-7,14-15,20H2,1-4H3,(H,36,41)(H,37,40)(H,34,35,38). The Morgan fingerprint density at radius 1 is 1.00 bits per heavy atom. The molecular formula is C32H37FN6O3. The fourth-order valence-corrected chi connectivity index (χ4v) is 4.62. The Morgan fingerprint density at radius 2 is 1.81 bits per heavy atom. The van der Waals surface area contributed by atoms with Gasteiger partial charge in [0.05, 0.1) is 11.2 Å². The minimum atomic E-state index is -0.617. The van der Waals surface area contributed by atoms with Crippen molar-refractivity contribution >= 4 is 40.0 Å². The molecule has 0 bridgehead atoms. The number of hydrogen-bond acceptors (Lipinski definition) is 7. The number of carbonyl (C=O) groups is 2. The molecule has 0 unspecified atom stereocenters. The first kappa shape index (κ1) is 30.5. The number of hydrogen-bond donors (Lipinski definition) is 3. The molecule has 0 aliphatic carbocycles. The highest BCUT2D eigenvalue weighted by Gasteiger charge is 2.13. The van der Waals surface area contributed by atoms with Gasteiger partial charge in [0.25, 0.3) is 5.91 Å². The first-order valence-corrected chi connectivity index (χ1v) is 14.0. The summed E-state index contributed by atoms with van der Waals surface area (Å²) in [5.41, 5.74) is 4.40. The summed E-state index contributed by atoms with van der Waals surface area (Å²) < 4.78 is 19.0. The highest BCUT2D eigenvalue weighted by molar-refractivity contribution is 6.05. The number of fused-ring (bicyclic) bond motifs is 1. The van der Waals surface area contributed by atoms with Crippen molar-refractivity contribution in [1.29, 1.82) is 0 Å². The van der Waals surface area contributed by atoms with Crippen molar-refractivity contribution in [2.75, 3.05) is 55.8 Å². The molecule has 220 valence electrons. The van der Waals surface area contributed by atoms with Gasteiger partial charge in [-0.3, -0.25) is 9.59 Å². The normalized spacial score (nSPS) is 11.1. The smallest absolute Gasteiger partial charge is 0.255 e. The van der Waals surface area contributed by atoms with Crippen LogP contribution in [0, 0.1) is 12.7 Å². The molecule has 0 radical (unpaired) electrons. The van der Waals surface area contributed by atoms with Gasteiger partial charge in [-0.25, -0.2) is 14.4 Å². The van der Waals surface area contributed by atoms with Gasteiger partial charge in [0.15, 0.2) is 0 Å². The molecule has 0 atom stereocenters. The van der Waals surface area contributed by atoms with Crippen LogP contribution in [0.3, 0.4) is 0 Å². The van der Waals surface area contributed by atoms with Gasteiger partial charge >= 0.3 is 0 Å². The van der Waals surface area contributed by atoms with Crippen LogP contribution in [0.1, 0.15) is 36.2 Å². The molecule has 42 heavy (non-hydrogen) atoms. The van der Waals surface area contributed by atoms with Crippen molar-refractivity contribution < 1.29 is 18.7 Å². The van der Waals surface area contributed by atoms with E-state index >= 15 is 0 Å². The number of methoxy groups -OCH3 is 1.